The Kier molecular flexibility index (Phi) is 4.39. The molecule has 0 aliphatic heterocycles. The molecule has 0 amide bonds. The highest BCUT2D eigenvalue weighted by atomic mass is 35.5. The molecule has 0 aliphatic carbocycles. The SMILES string of the molecule is COC(C)Oc1ccc(C(=O)Cl)c(Cl)c1. The molecule has 0 aromatic heterocycles. The monoisotopic (exact) mass is 248 g/mol. The van der Waals surface area contributed by atoms with Crippen LogP contribution in [0.1, 0.15) is 17.3 Å². The molecule has 5 heteroatoms. The summed E-state index contributed by atoms with van der Waals surface area (Å²) in [6.07, 6.45) is -0.376. The molecule has 1 rings (SSSR count). The van der Waals surface area contributed by atoms with Gasteiger partial charge in [-0.1, -0.05) is 11.6 Å². The van der Waals surface area contributed by atoms with Crippen LogP contribution in [-0.2, 0) is 4.74 Å². The van der Waals surface area contributed by atoms with Crippen LogP contribution in [0.25, 0.3) is 0 Å². The van der Waals surface area contributed by atoms with Gasteiger partial charge in [-0.05, 0) is 36.7 Å². The Hall–Kier alpha value is -0.770. The van der Waals surface area contributed by atoms with Gasteiger partial charge in [0.1, 0.15) is 5.75 Å². The van der Waals surface area contributed by atoms with E-state index in [1.807, 2.05) is 0 Å². The van der Waals surface area contributed by atoms with Crippen LogP contribution in [0.2, 0.25) is 5.02 Å². The molecule has 1 unspecified atom stereocenters. The molecule has 82 valence electrons. The van der Waals surface area contributed by atoms with Gasteiger partial charge in [0.05, 0.1) is 10.6 Å². The van der Waals surface area contributed by atoms with Crippen molar-refractivity contribution in [3.63, 3.8) is 0 Å². The van der Waals surface area contributed by atoms with Gasteiger partial charge in [-0.25, -0.2) is 0 Å². The molecule has 0 aliphatic rings. The third kappa shape index (κ3) is 3.38. The van der Waals surface area contributed by atoms with E-state index in [-0.39, 0.29) is 16.9 Å². The lowest BCUT2D eigenvalue weighted by molar-refractivity contribution is -0.0382. The number of ether oxygens (including phenoxy) is 2. The molecule has 1 atom stereocenters. The molecule has 1 aromatic carbocycles. The molecule has 0 saturated heterocycles. The number of carbonyl (C=O) groups is 1. The molecule has 0 fully saturated rings. The lowest BCUT2D eigenvalue weighted by atomic mass is 10.2. The van der Waals surface area contributed by atoms with E-state index in [1.165, 1.54) is 19.2 Å². The van der Waals surface area contributed by atoms with Gasteiger partial charge in [0, 0.05) is 7.11 Å². The number of hydrogen-bond donors (Lipinski definition) is 0. The number of rotatable bonds is 4. The summed E-state index contributed by atoms with van der Waals surface area (Å²) in [5, 5.41) is -0.331. The van der Waals surface area contributed by atoms with E-state index in [4.69, 9.17) is 32.7 Å². The summed E-state index contributed by atoms with van der Waals surface area (Å²) in [7, 11) is 1.53. The number of benzene rings is 1. The van der Waals surface area contributed by atoms with Gasteiger partial charge < -0.3 is 9.47 Å². The Balaban J connectivity index is 2.87. The zero-order valence-electron chi connectivity index (χ0n) is 8.29. The van der Waals surface area contributed by atoms with Gasteiger partial charge in [-0.15, -0.1) is 0 Å². The Labute approximate surface area is 97.9 Å². The second-order valence-electron chi connectivity index (χ2n) is 2.84. The van der Waals surface area contributed by atoms with E-state index in [1.54, 1.807) is 13.0 Å². The second kappa shape index (κ2) is 5.35. The lowest BCUT2D eigenvalue weighted by Gasteiger charge is -2.13. The van der Waals surface area contributed by atoms with Crippen molar-refractivity contribution >= 4 is 28.4 Å². The van der Waals surface area contributed by atoms with Crippen molar-refractivity contribution < 1.29 is 14.3 Å². The summed E-state index contributed by atoms with van der Waals surface area (Å²) in [5.41, 5.74) is 0.260. The van der Waals surface area contributed by atoms with Crippen molar-refractivity contribution in [1.29, 1.82) is 0 Å². The fourth-order valence-electron chi connectivity index (χ4n) is 0.968. The van der Waals surface area contributed by atoms with E-state index in [0.717, 1.165) is 0 Å². The van der Waals surface area contributed by atoms with E-state index in [0.29, 0.717) is 5.75 Å². The van der Waals surface area contributed by atoms with Gasteiger partial charge in [0.25, 0.3) is 5.24 Å². The Bertz CT molecular complexity index is 366. The lowest BCUT2D eigenvalue weighted by Crippen LogP contribution is -2.13. The van der Waals surface area contributed by atoms with Crippen molar-refractivity contribution in [2.45, 2.75) is 13.2 Å². The maximum atomic E-state index is 10.9. The molecule has 1 aromatic rings. The summed E-state index contributed by atoms with van der Waals surface area (Å²) in [4.78, 5) is 10.9. The highest BCUT2D eigenvalue weighted by Gasteiger charge is 2.09. The number of hydrogen-bond acceptors (Lipinski definition) is 3. The topological polar surface area (TPSA) is 35.5 Å². The summed E-state index contributed by atoms with van der Waals surface area (Å²) in [6.45, 7) is 1.74. The van der Waals surface area contributed by atoms with Crippen LogP contribution in [-0.4, -0.2) is 18.6 Å². The zero-order valence-corrected chi connectivity index (χ0v) is 9.80. The highest BCUT2D eigenvalue weighted by Crippen LogP contribution is 2.24. The molecule has 0 radical (unpaired) electrons. The first-order valence-corrected chi connectivity index (χ1v) is 4.99. The first-order valence-electron chi connectivity index (χ1n) is 4.23. The van der Waals surface area contributed by atoms with Crippen LogP contribution in [0.5, 0.6) is 5.75 Å². The molecule has 0 saturated carbocycles. The van der Waals surface area contributed by atoms with Crippen LogP contribution < -0.4 is 4.74 Å². The molecule has 0 N–H and O–H groups in total. The number of halogens is 2. The standard InChI is InChI=1S/C10H10Cl2O3/c1-6(14-2)15-7-3-4-8(10(12)13)9(11)5-7/h3-6H,1-2H3. The fraction of sp³-hybridized carbons (Fsp3) is 0.300. The van der Waals surface area contributed by atoms with Crippen molar-refractivity contribution in [2.75, 3.05) is 7.11 Å². The highest BCUT2D eigenvalue weighted by molar-refractivity contribution is 6.68. The summed E-state index contributed by atoms with van der Waals surface area (Å²) in [5.74, 6) is 0.524. The van der Waals surface area contributed by atoms with Gasteiger partial charge in [-0.3, -0.25) is 4.79 Å². The van der Waals surface area contributed by atoms with E-state index >= 15 is 0 Å². The minimum absolute atomic E-state index is 0.260. The smallest absolute Gasteiger partial charge is 0.253 e. The van der Waals surface area contributed by atoms with Crippen molar-refractivity contribution in [3.05, 3.63) is 28.8 Å². The van der Waals surface area contributed by atoms with Gasteiger partial charge in [-0.2, -0.15) is 0 Å². The van der Waals surface area contributed by atoms with Gasteiger partial charge in [0.15, 0.2) is 6.29 Å². The molecule has 0 bridgehead atoms. The summed E-state index contributed by atoms with van der Waals surface area (Å²) >= 11 is 11.1. The van der Waals surface area contributed by atoms with Crippen LogP contribution in [0, 0.1) is 0 Å². The Morgan fingerprint density at radius 3 is 2.60 bits per heavy atom. The number of carbonyl (C=O) groups excluding carboxylic acids is 1. The first kappa shape index (κ1) is 12.3. The van der Waals surface area contributed by atoms with Crippen LogP contribution >= 0.6 is 23.2 Å². The van der Waals surface area contributed by atoms with Gasteiger partial charge >= 0.3 is 0 Å². The largest absolute Gasteiger partial charge is 0.465 e. The van der Waals surface area contributed by atoms with Crippen LogP contribution in [0.4, 0.5) is 0 Å². The first-order chi connectivity index (χ1) is 7.04. The Morgan fingerprint density at radius 1 is 1.47 bits per heavy atom. The summed E-state index contributed by atoms with van der Waals surface area (Å²) in [6, 6.07) is 4.64. The minimum atomic E-state index is -0.591. The van der Waals surface area contributed by atoms with E-state index < -0.39 is 5.24 Å². The summed E-state index contributed by atoms with van der Waals surface area (Å²) < 4.78 is 10.2. The molecule has 15 heavy (non-hydrogen) atoms. The van der Waals surface area contributed by atoms with Crippen LogP contribution in [0.3, 0.4) is 0 Å². The van der Waals surface area contributed by atoms with Crippen molar-refractivity contribution in [3.8, 4) is 5.75 Å². The predicted molar refractivity (Wildman–Crippen MR) is 58.7 cm³/mol. The fourth-order valence-corrected chi connectivity index (χ4v) is 1.44. The zero-order chi connectivity index (χ0) is 11.4. The normalized spacial score (nSPS) is 12.3. The number of methoxy groups -OCH3 is 1. The average molecular weight is 249 g/mol. The second-order valence-corrected chi connectivity index (χ2v) is 3.59. The van der Waals surface area contributed by atoms with Gasteiger partial charge in [0.2, 0.25) is 0 Å². The molecular weight excluding hydrogens is 239 g/mol. The molecule has 0 heterocycles. The van der Waals surface area contributed by atoms with E-state index in [2.05, 4.69) is 0 Å². The quantitative estimate of drug-likeness (QED) is 0.607. The molecule has 3 nitrogen and oxygen atoms in total. The van der Waals surface area contributed by atoms with E-state index in [9.17, 15) is 4.79 Å². The predicted octanol–water partition coefficient (Wildman–Crippen LogP) is 3.09. The van der Waals surface area contributed by atoms with Crippen LogP contribution in [0.15, 0.2) is 18.2 Å². The third-order valence-corrected chi connectivity index (χ3v) is 2.30. The molecule has 0 spiro atoms. The maximum absolute atomic E-state index is 10.9. The van der Waals surface area contributed by atoms with Crippen molar-refractivity contribution in [2.24, 2.45) is 0 Å². The third-order valence-electron chi connectivity index (χ3n) is 1.79. The Morgan fingerprint density at radius 2 is 2.13 bits per heavy atom. The average Bonchev–Trinajstić information content (AvgIpc) is 2.17. The molecular formula is C10H10Cl2O3. The maximum Gasteiger partial charge on any atom is 0.253 e. The minimum Gasteiger partial charge on any atom is -0.465 e. The van der Waals surface area contributed by atoms with Crippen molar-refractivity contribution in [1.82, 2.24) is 0 Å².